The number of carbonyl (C=O) groups is 2. The monoisotopic (exact) mass is 443 g/mol. The zero-order valence-corrected chi connectivity index (χ0v) is 19.0. The standard InChI is InChI=1S/C24H30ClN3O3/c1-4-19(5-2)27-24(30)22-14-28(20-8-6-7-9-21(20)31-22)15-23(29)26-16(3)17-10-12-18(25)13-11-17/h6-13,16,19,22H,4-5,14-15H2,1-3H3,(H,26,29)(H,27,30). The van der Waals surface area contributed by atoms with Crippen LogP contribution in [0, 0.1) is 0 Å². The molecule has 0 aromatic heterocycles. The first kappa shape index (κ1) is 22.9. The highest BCUT2D eigenvalue weighted by molar-refractivity contribution is 6.30. The molecule has 2 N–H and O–H groups in total. The maximum Gasteiger partial charge on any atom is 0.263 e. The van der Waals surface area contributed by atoms with E-state index >= 15 is 0 Å². The van der Waals surface area contributed by atoms with Gasteiger partial charge in [-0.25, -0.2) is 0 Å². The Bertz CT molecular complexity index is 899. The van der Waals surface area contributed by atoms with E-state index in [2.05, 4.69) is 10.6 Å². The molecular formula is C24H30ClN3O3. The number of hydrogen-bond donors (Lipinski definition) is 2. The number of para-hydroxylation sites is 2. The van der Waals surface area contributed by atoms with Crippen molar-refractivity contribution in [2.75, 3.05) is 18.0 Å². The first-order chi connectivity index (χ1) is 14.9. The van der Waals surface area contributed by atoms with Gasteiger partial charge in [-0.2, -0.15) is 0 Å². The second kappa shape index (κ2) is 10.5. The first-order valence-electron chi connectivity index (χ1n) is 10.8. The van der Waals surface area contributed by atoms with Gasteiger partial charge in [0.1, 0.15) is 5.75 Å². The third-order valence-corrected chi connectivity index (χ3v) is 5.82. The lowest BCUT2D eigenvalue weighted by Gasteiger charge is -2.35. The van der Waals surface area contributed by atoms with Gasteiger partial charge in [-0.15, -0.1) is 0 Å². The molecule has 0 saturated heterocycles. The lowest BCUT2D eigenvalue weighted by atomic mass is 10.1. The quantitative estimate of drug-likeness (QED) is 0.644. The highest BCUT2D eigenvalue weighted by Crippen LogP contribution is 2.33. The summed E-state index contributed by atoms with van der Waals surface area (Å²) in [5, 5.41) is 6.73. The average molecular weight is 444 g/mol. The largest absolute Gasteiger partial charge is 0.477 e. The van der Waals surface area contributed by atoms with Gasteiger partial charge in [0.05, 0.1) is 24.8 Å². The van der Waals surface area contributed by atoms with Crippen LogP contribution in [0.2, 0.25) is 5.02 Å². The summed E-state index contributed by atoms with van der Waals surface area (Å²) in [7, 11) is 0. The highest BCUT2D eigenvalue weighted by Gasteiger charge is 2.32. The smallest absolute Gasteiger partial charge is 0.263 e. The van der Waals surface area contributed by atoms with E-state index in [1.165, 1.54) is 0 Å². The third kappa shape index (κ3) is 5.91. The molecule has 2 amide bonds. The molecule has 0 bridgehead atoms. The van der Waals surface area contributed by atoms with Crippen molar-refractivity contribution in [2.24, 2.45) is 0 Å². The molecule has 2 unspecified atom stereocenters. The van der Waals surface area contributed by atoms with Crippen molar-refractivity contribution in [1.82, 2.24) is 10.6 Å². The Kier molecular flexibility index (Phi) is 7.80. The van der Waals surface area contributed by atoms with Crippen molar-refractivity contribution >= 4 is 29.1 Å². The van der Waals surface area contributed by atoms with Crippen LogP contribution in [-0.2, 0) is 9.59 Å². The van der Waals surface area contributed by atoms with Gasteiger partial charge in [0.15, 0.2) is 6.10 Å². The second-order valence-corrected chi connectivity index (χ2v) is 8.25. The molecule has 0 radical (unpaired) electrons. The predicted octanol–water partition coefficient (Wildman–Crippen LogP) is 4.09. The van der Waals surface area contributed by atoms with E-state index in [9.17, 15) is 9.59 Å². The van der Waals surface area contributed by atoms with Crippen LogP contribution in [0.1, 0.15) is 45.2 Å². The van der Waals surface area contributed by atoms with Crippen molar-refractivity contribution in [1.29, 1.82) is 0 Å². The van der Waals surface area contributed by atoms with E-state index in [1.54, 1.807) is 12.1 Å². The van der Waals surface area contributed by atoms with E-state index < -0.39 is 6.10 Å². The summed E-state index contributed by atoms with van der Waals surface area (Å²) in [6, 6.07) is 14.9. The number of rotatable bonds is 8. The molecule has 0 saturated carbocycles. The summed E-state index contributed by atoms with van der Waals surface area (Å²) in [6.45, 7) is 6.47. The summed E-state index contributed by atoms with van der Waals surface area (Å²) in [4.78, 5) is 27.5. The number of anilines is 1. The molecular weight excluding hydrogens is 414 g/mol. The fourth-order valence-corrected chi connectivity index (χ4v) is 3.80. The summed E-state index contributed by atoms with van der Waals surface area (Å²) >= 11 is 5.95. The number of nitrogens with one attached hydrogen (secondary N) is 2. The molecule has 1 heterocycles. The number of halogens is 1. The third-order valence-electron chi connectivity index (χ3n) is 5.57. The van der Waals surface area contributed by atoms with Crippen molar-refractivity contribution < 1.29 is 14.3 Å². The molecule has 0 aliphatic carbocycles. The minimum absolute atomic E-state index is 0.116. The number of fused-ring (bicyclic) bond motifs is 1. The van der Waals surface area contributed by atoms with Crippen LogP contribution in [-0.4, -0.2) is 37.0 Å². The van der Waals surface area contributed by atoms with Gasteiger partial charge in [0, 0.05) is 11.1 Å². The lowest BCUT2D eigenvalue weighted by Crippen LogP contribution is -2.52. The van der Waals surface area contributed by atoms with Crippen LogP contribution < -0.4 is 20.3 Å². The van der Waals surface area contributed by atoms with E-state index in [1.807, 2.05) is 62.1 Å². The van der Waals surface area contributed by atoms with Crippen LogP contribution in [0.5, 0.6) is 5.75 Å². The molecule has 0 spiro atoms. The number of amides is 2. The van der Waals surface area contributed by atoms with E-state index in [0.717, 1.165) is 24.1 Å². The average Bonchev–Trinajstić information content (AvgIpc) is 2.77. The van der Waals surface area contributed by atoms with Gasteiger partial charge in [0.25, 0.3) is 5.91 Å². The second-order valence-electron chi connectivity index (χ2n) is 7.82. The predicted molar refractivity (Wildman–Crippen MR) is 124 cm³/mol. The van der Waals surface area contributed by atoms with E-state index in [4.69, 9.17) is 16.3 Å². The normalized spacial score (nSPS) is 16.3. The Hall–Kier alpha value is -2.73. The lowest BCUT2D eigenvalue weighted by molar-refractivity contribution is -0.129. The van der Waals surface area contributed by atoms with Gasteiger partial charge < -0.3 is 20.3 Å². The van der Waals surface area contributed by atoms with Crippen LogP contribution >= 0.6 is 11.6 Å². The Labute approximate surface area is 188 Å². The molecule has 0 fully saturated rings. The summed E-state index contributed by atoms with van der Waals surface area (Å²) in [5.74, 6) is 0.332. The van der Waals surface area contributed by atoms with E-state index in [-0.39, 0.29) is 30.4 Å². The number of nitrogens with zero attached hydrogens (tertiary/aromatic N) is 1. The molecule has 31 heavy (non-hydrogen) atoms. The molecule has 2 aromatic carbocycles. The summed E-state index contributed by atoms with van der Waals surface area (Å²) < 4.78 is 5.96. The Morgan fingerprint density at radius 1 is 1.10 bits per heavy atom. The van der Waals surface area contributed by atoms with Crippen LogP contribution in [0.4, 0.5) is 5.69 Å². The van der Waals surface area contributed by atoms with Crippen molar-refractivity contribution in [3.05, 3.63) is 59.1 Å². The highest BCUT2D eigenvalue weighted by atomic mass is 35.5. The van der Waals surface area contributed by atoms with Crippen LogP contribution in [0.15, 0.2) is 48.5 Å². The molecule has 7 heteroatoms. The number of carbonyl (C=O) groups excluding carboxylic acids is 2. The van der Waals surface area contributed by atoms with Gasteiger partial charge in [0.2, 0.25) is 5.91 Å². The molecule has 1 aliphatic heterocycles. The number of hydrogen-bond acceptors (Lipinski definition) is 4. The SMILES string of the molecule is CCC(CC)NC(=O)C1CN(CC(=O)NC(C)c2ccc(Cl)cc2)c2ccccc2O1. The maximum atomic E-state index is 12.8. The topological polar surface area (TPSA) is 70.7 Å². The molecule has 166 valence electrons. The Balaban J connectivity index is 1.69. The van der Waals surface area contributed by atoms with Gasteiger partial charge in [-0.1, -0.05) is 49.7 Å². The maximum absolute atomic E-state index is 12.8. The Morgan fingerprint density at radius 2 is 1.77 bits per heavy atom. The number of ether oxygens (including phenoxy) is 1. The van der Waals surface area contributed by atoms with Crippen LogP contribution in [0.25, 0.3) is 0 Å². The molecule has 3 rings (SSSR count). The van der Waals surface area contributed by atoms with Crippen LogP contribution in [0.3, 0.4) is 0 Å². The van der Waals surface area contributed by atoms with E-state index in [0.29, 0.717) is 17.3 Å². The molecule has 1 aliphatic rings. The van der Waals surface area contributed by atoms with Crippen molar-refractivity contribution in [2.45, 2.75) is 51.8 Å². The minimum Gasteiger partial charge on any atom is -0.477 e. The van der Waals surface area contributed by atoms with Gasteiger partial charge in [-0.3, -0.25) is 9.59 Å². The zero-order chi connectivity index (χ0) is 22.4. The van der Waals surface area contributed by atoms with Gasteiger partial charge in [-0.05, 0) is 49.6 Å². The minimum atomic E-state index is -0.669. The molecule has 2 aromatic rings. The van der Waals surface area contributed by atoms with Crippen molar-refractivity contribution in [3.63, 3.8) is 0 Å². The fraction of sp³-hybridized carbons (Fsp3) is 0.417. The summed E-state index contributed by atoms with van der Waals surface area (Å²) in [5.41, 5.74) is 1.78. The first-order valence-corrected chi connectivity index (χ1v) is 11.1. The Morgan fingerprint density at radius 3 is 2.45 bits per heavy atom. The summed E-state index contributed by atoms with van der Waals surface area (Å²) in [6.07, 6.45) is 1.05. The molecule has 6 nitrogen and oxygen atoms in total. The molecule has 2 atom stereocenters. The van der Waals surface area contributed by atoms with Gasteiger partial charge >= 0.3 is 0 Å². The fourth-order valence-electron chi connectivity index (χ4n) is 3.68. The zero-order valence-electron chi connectivity index (χ0n) is 18.2. The van der Waals surface area contributed by atoms with Crippen molar-refractivity contribution in [3.8, 4) is 5.75 Å². The number of benzene rings is 2.